The maximum atomic E-state index is 14.0. The van der Waals surface area contributed by atoms with Crippen molar-refractivity contribution in [3.05, 3.63) is 101 Å². The molecule has 0 saturated carbocycles. The normalized spacial score (nSPS) is 16.9. The molecule has 0 bridgehead atoms. The van der Waals surface area contributed by atoms with E-state index in [1.165, 1.54) is 43.3 Å². The van der Waals surface area contributed by atoms with Crippen LogP contribution in [-0.2, 0) is 25.4 Å². The molecule has 342 valence electrons. The number of unbranched alkanes of at least 4 members (excludes halogenated alkanes) is 4. The van der Waals surface area contributed by atoms with Crippen molar-refractivity contribution < 1.29 is 55.9 Å². The highest BCUT2D eigenvalue weighted by Crippen LogP contribution is 2.34. The summed E-state index contributed by atoms with van der Waals surface area (Å²) in [5.74, 6) is 1.87. The fourth-order valence-electron chi connectivity index (χ4n) is 7.53. The van der Waals surface area contributed by atoms with Gasteiger partial charge in [-0.3, -0.25) is 48.8 Å². The summed E-state index contributed by atoms with van der Waals surface area (Å²) in [6.45, 7) is 1.14. The number of rotatable bonds is 15. The maximum Gasteiger partial charge on any atom is 0.416 e. The Balaban J connectivity index is 0.849. The van der Waals surface area contributed by atoms with Gasteiger partial charge in [0.2, 0.25) is 17.7 Å². The number of aryl methyl sites for hydroxylation is 1. The van der Waals surface area contributed by atoms with Gasteiger partial charge < -0.3 is 15.4 Å². The van der Waals surface area contributed by atoms with E-state index in [1.54, 1.807) is 6.07 Å². The van der Waals surface area contributed by atoms with E-state index >= 15 is 0 Å². The molecular weight excluding hydrogens is 871 g/mol. The minimum absolute atomic E-state index is 0.0206. The molecule has 4 aromatic rings. The molecule has 7 rings (SSSR count). The smallest absolute Gasteiger partial charge is 0.416 e. The number of ether oxygens (including phenoxy) is 1. The third-order valence-electron chi connectivity index (χ3n) is 10.8. The predicted molar refractivity (Wildman–Crippen MR) is 226 cm³/mol. The third kappa shape index (κ3) is 10.8. The Bertz CT molecular complexity index is 2630. The molecule has 1 unspecified atom stereocenters. The van der Waals surface area contributed by atoms with Crippen LogP contribution in [0.5, 0.6) is 5.75 Å². The molecule has 2 saturated heterocycles. The van der Waals surface area contributed by atoms with Crippen LogP contribution < -0.4 is 30.5 Å². The molecule has 5 heterocycles. The summed E-state index contributed by atoms with van der Waals surface area (Å²) in [5, 5.41) is 15.3. The van der Waals surface area contributed by atoms with E-state index in [2.05, 4.69) is 43.0 Å². The van der Waals surface area contributed by atoms with Crippen LogP contribution in [-0.4, -0.2) is 93.3 Å². The van der Waals surface area contributed by atoms with Crippen LogP contribution in [0.1, 0.15) is 89.0 Å². The lowest BCUT2D eigenvalue weighted by molar-refractivity contribution is -0.138. The van der Waals surface area contributed by atoms with Gasteiger partial charge in [0, 0.05) is 30.8 Å². The molecule has 66 heavy (non-hydrogen) atoms. The Labute approximate surface area is 374 Å². The van der Waals surface area contributed by atoms with Crippen LogP contribution in [0.4, 0.5) is 39.7 Å². The van der Waals surface area contributed by atoms with Crippen LogP contribution in [0, 0.1) is 24.6 Å². The molecule has 8 amide bonds. The van der Waals surface area contributed by atoms with E-state index in [-0.39, 0.29) is 78.1 Å². The number of hydrogen-bond acceptors (Lipinski definition) is 11. The summed E-state index contributed by atoms with van der Waals surface area (Å²) in [5.41, 5.74) is -0.374. The second-order valence-electron chi connectivity index (χ2n) is 15.5. The lowest BCUT2D eigenvalue weighted by Crippen LogP contribution is -2.54. The van der Waals surface area contributed by atoms with Gasteiger partial charge in [-0.15, -0.1) is 10.2 Å². The lowest BCUT2D eigenvalue weighted by atomic mass is 10.0. The average Bonchev–Trinajstić information content (AvgIpc) is 3.78. The van der Waals surface area contributed by atoms with Gasteiger partial charge in [-0.05, 0) is 98.8 Å². The number of urea groups is 1. The minimum atomic E-state index is -4.73. The minimum Gasteiger partial charge on any atom is -0.494 e. The van der Waals surface area contributed by atoms with Crippen LogP contribution in [0.15, 0.2) is 66.7 Å². The van der Waals surface area contributed by atoms with Gasteiger partial charge in [-0.1, -0.05) is 25.2 Å². The second kappa shape index (κ2) is 20.0. The summed E-state index contributed by atoms with van der Waals surface area (Å²) in [7, 11) is 0. The number of carbonyl (C=O) groups excluding carboxylic acids is 7. The van der Waals surface area contributed by atoms with Crippen molar-refractivity contribution in [3.63, 3.8) is 0 Å². The molecule has 3 aliphatic rings. The molecule has 0 aliphatic carbocycles. The van der Waals surface area contributed by atoms with Crippen molar-refractivity contribution in [1.82, 2.24) is 30.7 Å². The molecule has 21 heteroatoms. The van der Waals surface area contributed by atoms with E-state index in [9.17, 15) is 51.1 Å². The largest absolute Gasteiger partial charge is 0.494 e. The number of nitrogens with zero attached hydrogens (tertiary/aromatic N) is 6. The number of alkyl halides is 3. The number of piperidine rings is 1. The molecular formula is C45H41F4N9O8. The zero-order valence-corrected chi connectivity index (χ0v) is 35.2. The van der Waals surface area contributed by atoms with Crippen LogP contribution in [0.3, 0.4) is 0 Å². The highest BCUT2D eigenvalue weighted by molar-refractivity contribution is 6.23. The van der Waals surface area contributed by atoms with Crippen LogP contribution >= 0.6 is 0 Å². The van der Waals surface area contributed by atoms with Crippen molar-refractivity contribution in [2.24, 2.45) is 0 Å². The molecule has 2 fully saturated rings. The average molecular weight is 912 g/mol. The van der Waals surface area contributed by atoms with Crippen molar-refractivity contribution in [3.8, 4) is 17.6 Å². The Morgan fingerprint density at radius 2 is 1.64 bits per heavy atom. The number of hydrogen-bond donors (Lipinski definition) is 3. The number of benzene rings is 2. The van der Waals surface area contributed by atoms with Crippen molar-refractivity contribution in [2.45, 2.75) is 76.6 Å². The SMILES string of the molecule is Cc1cc(C(F)(F)F)cc(N2C(=O)NC[C@H]2C(=O)N(CC#Cc2ccc(NC(=O)CCCCCCCOc3ccc4c(c3)C(=O)N(C3CCC(=O)NC3=O)C4=O)nn2)c2ccc(F)cc2)n1. The first-order chi connectivity index (χ1) is 31.6. The molecule has 17 nitrogen and oxygen atoms in total. The van der Waals surface area contributed by atoms with Crippen LogP contribution in [0.2, 0.25) is 0 Å². The third-order valence-corrected chi connectivity index (χ3v) is 10.8. The topological polar surface area (TPSA) is 213 Å². The van der Waals surface area contributed by atoms with Gasteiger partial charge in [-0.25, -0.2) is 14.2 Å². The summed E-state index contributed by atoms with van der Waals surface area (Å²) < 4.78 is 60.5. The zero-order chi connectivity index (χ0) is 47.1. The number of pyridine rings is 1. The highest BCUT2D eigenvalue weighted by Gasteiger charge is 2.45. The first-order valence-electron chi connectivity index (χ1n) is 20.9. The summed E-state index contributed by atoms with van der Waals surface area (Å²) in [4.78, 5) is 96.2. The van der Waals surface area contributed by atoms with Gasteiger partial charge in [0.05, 0.1) is 29.8 Å². The number of carbonyl (C=O) groups is 7. The highest BCUT2D eigenvalue weighted by atomic mass is 19.4. The Hall–Kier alpha value is -7.76. The van der Waals surface area contributed by atoms with Gasteiger partial charge in [0.1, 0.15) is 35.2 Å². The van der Waals surface area contributed by atoms with Crippen molar-refractivity contribution >= 4 is 58.8 Å². The second-order valence-corrected chi connectivity index (χ2v) is 15.5. The summed E-state index contributed by atoms with van der Waals surface area (Å²) >= 11 is 0. The van der Waals surface area contributed by atoms with E-state index in [0.29, 0.717) is 31.3 Å². The van der Waals surface area contributed by atoms with E-state index in [4.69, 9.17) is 4.74 Å². The van der Waals surface area contributed by atoms with Gasteiger partial charge in [0.25, 0.3) is 17.7 Å². The monoisotopic (exact) mass is 911 g/mol. The van der Waals surface area contributed by atoms with Gasteiger partial charge in [-0.2, -0.15) is 13.2 Å². The fourth-order valence-corrected chi connectivity index (χ4v) is 7.53. The Morgan fingerprint density at radius 1 is 0.894 bits per heavy atom. The standard InChI is InChI=1S/C45H41F4N9O8/c1-26-22-27(45(47,48)49)23-37(51-26)57-35(25-50-44(57)65)43(64)56(30-13-10-28(46)11-14-30)20-7-8-29-12-18-36(55-54-29)52-38(59)9-5-3-2-4-6-21-66-31-15-16-32-33(24-31)42(63)58(41(32)62)34-17-19-39(60)53-40(34)61/h10-16,18,22-24,34-35H,2-6,9,17,19-21,25H2,1H3,(H,50,65)(H,52,55,59)(H,53,60,61)/t34?,35-/m0/s1. The summed E-state index contributed by atoms with van der Waals surface area (Å²) in [6, 6.07) is 10.7. The Kier molecular flexibility index (Phi) is 14.0. The molecule has 0 radical (unpaired) electrons. The zero-order valence-electron chi connectivity index (χ0n) is 35.2. The first kappa shape index (κ1) is 46.2. The van der Waals surface area contributed by atoms with Crippen LogP contribution in [0.25, 0.3) is 0 Å². The molecule has 2 aromatic heterocycles. The van der Waals surface area contributed by atoms with Gasteiger partial charge in [0.15, 0.2) is 5.82 Å². The number of aromatic nitrogens is 3. The number of halogens is 4. The lowest BCUT2D eigenvalue weighted by Gasteiger charge is -2.28. The number of anilines is 3. The number of fused-ring (bicyclic) bond motifs is 1. The van der Waals surface area contributed by atoms with E-state index in [1.807, 2.05) is 0 Å². The maximum absolute atomic E-state index is 14.0. The predicted octanol–water partition coefficient (Wildman–Crippen LogP) is 5.08. The fraction of sp³-hybridized carbons (Fsp3) is 0.333. The Morgan fingerprint density at radius 3 is 2.36 bits per heavy atom. The molecule has 3 N–H and O–H groups in total. The first-order valence-corrected chi connectivity index (χ1v) is 20.9. The molecule has 2 atom stereocenters. The molecule has 3 aliphatic heterocycles. The quantitative estimate of drug-likeness (QED) is 0.0619. The van der Waals surface area contributed by atoms with Gasteiger partial charge >= 0.3 is 12.2 Å². The van der Waals surface area contributed by atoms with Crippen molar-refractivity contribution in [2.75, 3.05) is 34.8 Å². The number of amides is 8. The number of nitrogens with one attached hydrogen (secondary N) is 3. The van der Waals surface area contributed by atoms with E-state index < -0.39 is 65.2 Å². The van der Waals surface area contributed by atoms with Crippen molar-refractivity contribution in [1.29, 1.82) is 0 Å². The molecule has 0 spiro atoms. The molecule has 2 aromatic carbocycles. The summed E-state index contributed by atoms with van der Waals surface area (Å²) in [6.07, 6.45) is -0.701. The number of imide groups is 2. The van der Waals surface area contributed by atoms with E-state index in [0.717, 1.165) is 52.2 Å².